The average molecular weight is 315 g/mol. The second kappa shape index (κ2) is 5.67. The summed E-state index contributed by atoms with van der Waals surface area (Å²) < 4.78 is 5.87. The van der Waals surface area contributed by atoms with Crippen LogP contribution in [0.1, 0.15) is 46.5 Å². The van der Waals surface area contributed by atoms with Crippen molar-refractivity contribution in [2.24, 2.45) is 11.8 Å². The third kappa shape index (κ3) is 3.74. The molecule has 2 aliphatic rings. The summed E-state index contributed by atoms with van der Waals surface area (Å²) in [4.78, 5) is 1.87. The molecule has 0 aromatic carbocycles. The van der Waals surface area contributed by atoms with Gasteiger partial charge in [-0.25, -0.2) is 0 Å². The molecule has 1 saturated carbocycles. The number of aliphatic hydroxyl groups is 4. The molecule has 2 atom stereocenters. The molecule has 1 heterocycles. The molecule has 1 aliphatic heterocycles. The maximum Gasteiger partial charge on any atom is 0.182 e. The van der Waals surface area contributed by atoms with E-state index in [4.69, 9.17) is 4.74 Å². The Morgan fingerprint density at radius 3 is 2.45 bits per heavy atom. The largest absolute Gasteiger partial charge is 0.474 e. The first-order valence-corrected chi connectivity index (χ1v) is 7.98. The van der Waals surface area contributed by atoms with Crippen molar-refractivity contribution in [3.05, 3.63) is 12.5 Å². The van der Waals surface area contributed by atoms with E-state index in [0.29, 0.717) is 19.0 Å². The molecule has 4 N–H and O–H groups in total. The molecular weight excluding hydrogens is 286 g/mol. The van der Waals surface area contributed by atoms with Crippen LogP contribution in [-0.4, -0.2) is 55.6 Å². The third-order valence-electron chi connectivity index (χ3n) is 5.12. The molecule has 0 aromatic heterocycles. The quantitative estimate of drug-likeness (QED) is 0.452. The SMILES string of the molecule is C=C(OC(C)(C)CC)N1CC2CC(O)(O)CCC(O)(O)C2C1. The van der Waals surface area contributed by atoms with Crippen molar-refractivity contribution >= 4 is 0 Å². The van der Waals surface area contributed by atoms with Crippen LogP contribution in [0.4, 0.5) is 0 Å². The lowest BCUT2D eigenvalue weighted by molar-refractivity contribution is -0.213. The monoisotopic (exact) mass is 315 g/mol. The third-order valence-corrected chi connectivity index (χ3v) is 5.12. The van der Waals surface area contributed by atoms with E-state index in [2.05, 4.69) is 6.58 Å². The summed E-state index contributed by atoms with van der Waals surface area (Å²) in [5.74, 6) is -3.92. The zero-order chi connectivity index (χ0) is 16.8. The van der Waals surface area contributed by atoms with Gasteiger partial charge >= 0.3 is 0 Å². The molecule has 2 rings (SSSR count). The van der Waals surface area contributed by atoms with Gasteiger partial charge in [-0.3, -0.25) is 0 Å². The van der Waals surface area contributed by atoms with Crippen LogP contribution in [0.3, 0.4) is 0 Å². The molecule has 2 unspecified atom stereocenters. The van der Waals surface area contributed by atoms with Crippen molar-refractivity contribution in [1.29, 1.82) is 0 Å². The molecule has 1 aliphatic carbocycles. The van der Waals surface area contributed by atoms with Gasteiger partial charge in [0.2, 0.25) is 0 Å². The van der Waals surface area contributed by atoms with E-state index in [1.807, 2.05) is 25.7 Å². The van der Waals surface area contributed by atoms with Crippen molar-refractivity contribution in [3.63, 3.8) is 0 Å². The van der Waals surface area contributed by atoms with Gasteiger partial charge in [0.1, 0.15) is 5.60 Å². The van der Waals surface area contributed by atoms with Crippen LogP contribution in [0.25, 0.3) is 0 Å². The number of nitrogens with zero attached hydrogens (tertiary/aromatic N) is 1. The number of hydrogen-bond donors (Lipinski definition) is 4. The van der Waals surface area contributed by atoms with Gasteiger partial charge in [-0.05, 0) is 32.8 Å². The highest BCUT2D eigenvalue weighted by molar-refractivity contribution is 5.02. The van der Waals surface area contributed by atoms with Crippen LogP contribution in [0.5, 0.6) is 0 Å². The first-order valence-electron chi connectivity index (χ1n) is 7.98. The molecule has 0 amide bonds. The predicted octanol–water partition coefficient (Wildman–Crippen LogP) is 0.756. The maximum absolute atomic E-state index is 10.3. The van der Waals surface area contributed by atoms with Gasteiger partial charge in [0.25, 0.3) is 0 Å². The number of rotatable bonds is 4. The van der Waals surface area contributed by atoms with E-state index in [9.17, 15) is 20.4 Å². The van der Waals surface area contributed by atoms with E-state index in [-0.39, 0.29) is 30.8 Å². The molecule has 128 valence electrons. The minimum atomic E-state index is -1.90. The van der Waals surface area contributed by atoms with Crippen molar-refractivity contribution in [3.8, 4) is 0 Å². The van der Waals surface area contributed by atoms with Gasteiger partial charge in [0, 0.05) is 38.3 Å². The lowest BCUT2D eigenvalue weighted by atomic mass is 9.86. The fraction of sp³-hybridized carbons (Fsp3) is 0.875. The average Bonchev–Trinajstić information content (AvgIpc) is 2.77. The van der Waals surface area contributed by atoms with Crippen LogP contribution in [0.15, 0.2) is 12.5 Å². The Labute approximate surface area is 132 Å². The van der Waals surface area contributed by atoms with E-state index in [1.165, 1.54) is 0 Å². The van der Waals surface area contributed by atoms with E-state index >= 15 is 0 Å². The lowest BCUT2D eigenvalue weighted by Gasteiger charge is -2.32. The Bertz CT molecular complexity index is 432. The van der Waals surface area contributed by atoms with Gasteiger partial charge in [-0.2, -0.15) is 0 Å². The fourth-order valence-corrected chi connectivity index (χ4v) is 3.35. The fourth-order valence-electron chi connectivity index (χ4n) is 3.35. The summed E-state index contributed by atoms with van der Waals surface area (Å²) in [5, 5.41) is 40.4. The topological polar surface area (TPSA) is 93.4 Å². The normalized spacial score (nSPS) is 30.6. The molecule has 1 saturated heterocycles. The molecule has 6 nitrogen and oxygen atoms in total. The number of hydrogen-bond acceptors (Lipinski definition) is 6. The first kappa shape index (κ1) is 17.5. The zero-order valence-corrected chi connectivity index (χ0v) is 13.7. The molecule has 0 spiro atoms. The first-order chi connectivity index (χ1) is 9.96. The van der Waals surface area contributed by atoms with Gasteiger partial charge in [-0.1, -0.05) is 6.92 Å². The van der Waals surface area contributed by atoms with Gasteiger partial charge in [0.05, 0.1) is 0 Å². The van der Waals surface area contributed by atoms with Crippen LogP contribution >= 0.6 is 0 Å². The highest BCUT2D eigenvalue weighted by Gasteiger charge is 2.51. The molecule has 2 fully saturated rings. The highest BCUT2D eigenvalue weighted by Crippen LogP contribution is 2.43. The second-order valence-electron chi connectivity index (χ2n) is 7.45. The summed E-state index contributed by atoms with van der Waals surface area (Å²) in [6, 6.07) is 0. The van der Waals surface area contributed by atoms with Crippen LogP contribution < -0.4 is 0 Å². The molecule has 6 heteroatoms. The predicted molar refractivity (Wildman–Crippen MR) is 81.3 cm³/mol. The standard InChI is InChI=1S/C16H29NO5/c1-5-14(3,4)22-11(2)17-9-12-8-15(18,19)6-7-16(20,21)13(12)10-17/h12-13,18-21H,2,5-10H2,1,3-4H3. The van der Waals surface area contributed by atoms with Gasteiger partial charge in [-0.15, -0.1) is 0 Å². The Morgan fingerprint density at radius 1 is 1.23 bits per heavy atom. The minimum Gasteiger partial charge on any atom is -0.474 e. The van der Waals surface area contributed by atoms with E-state index in [0.717, 1.165) is 6.42 Å². The van der Waals surface area contributed by atoms with Crippen molar-refractivity contribution in [1.82, 2.24) is 4.90 Å². The van der Waals surface area contributed by atoms with Crippen molar-refractivity contribution < 1.29 is 25.2 Å². The number of likely N-dealkylation sites (tertiary alicyclic amines) is 1. The van der Waals surface area contributed by atoms with Crippen LogP contribution in [-0.2, 0) is 4.74 Å². The number of ether oxygens (including phenoxy) is 1. The maximum atomic E-state index is 10.3. The zero-order valence-electron chi connectivity index (χ0n) is 13.7. The highest BCUT2D eigenvalue weighted by atomic mass is 16.5. The molecule has 0 aromatic rings. The van der Waals surface area contributed by atoms with Crippen molar-refractivity contribution in [2.45, 2.75) is 63.6 Å². The summed E-state index contributed by atoms with van der Waals surface area (Å²) in [7, 11) is 0. The summed E-state index contributed by atoms with van der Waals surface area (Å²) >= 11 is 0. The summed E-state index contributed by atoms with van der Waals surface area (Å²) in [6.07, 6.45) is 0.866. The Kier molecular flexibility index (Phi) is 4.52. The van der Waals surface area contributed by atoms with Crippen LogP contribution in [0, 0.1) is 11.8 Å². The molecular formula is C16H29NO5. The van der Waals surface area contributed by atoms with Gasteiger partial charge in [0.15, 0.2) is 17.5 Å². The molecule has 0 radical (unpaired) electrons. The summed E-state index contributed by atoms with van der Waals surface area (Å²) in [5.41, 5.74) is -0.338. The molecule has 0 bridgehead atoms. The lowest BCUT2D eigenvalue weighted by Crippen LogP contribution is -2.41. The minimum absolute atomic E-state index is 0.0344. The second-order valence-corrected chi connectivity index (χ2v) is 7.45. The number of fused-ring (bicyclic) bond motifs is 1. The van der Waals surface area contributed by atoms with Gasteiger partial charge < -0.3 is 30.1 Å². The summed E-state index contributed by atoms with van der Waals surface area (Å²) in [6.45, 7) is 10.8. The molecule has 22 heavy (non-hydrogen) atoms. The Balaban J connectivity index is 2.10. The smallest absolute Gasteiger partial charge is 0.182 e. The Morgan fingerprint density at radius 2 is 1.86 bits per heavy atom. The van der Waals surface area contributed by atoms with E-state index in [1.54, 1.807) is 0 Å². The van der Waals surface area contributed by atoms with E-state index < -0.39 is 17.5 Å². The van der Waals surface area contributed by atoms with Crippen LogP contribution in [0.2, 0.25) is 0 Å². The Hall–Kier alpha value is -0.820. The van der Waals surface area contributed by atoms with Crippen molar-refractivity contribution in [2.75, 3.05) is 13.1 Å².